The Labute approximate surface area is 204 Å². The number of nitrogens with one attached hydrogen (secondary N) is 1. The van der Waals surface area contributed by atoms with E-state index in [1.807, 2.05) is 29.3 Å². The predicted octanol–water partition coefficient (Wildman–Crippen LogP) is 2.60. The minimum atomic E-state index is -2.53. The molecule has 3 aliphatic rings. The number of morpholine rings is 1. The zero-order valence-corrected chi connectivity index (χ0v) is 20.5. The molecule has 0 bridgehead atoms. The number of anilines is 1. The number of nitrogens with zero attached hydrogens (tertiary/aromatic N) is 6. The van der Waals surface area contributed by atoms with Crippen LogP contribution in [0.4, 0.5) is 11.6 Å². The van der Waals surface area contributed by atoms with E-state index >= 15 is 0 Å². The molecule has 11 heteroatoms. The van der Waals surface area contributed by atoms with Crippen molar-refractivity contribution in [1.82, 2.24) is 24.8 Å². The van der Waals surface area contributed by atoms with Crippen LogP contribution in [0.25, 0.3) is 22.4 Å². The number of amides is 1. The second kappa shape index (κ2) is 8.87. The lowest BCUT2D eigenvalue weighted by atomic mass is 10.1. The molecular weight excluding hydrogens is 466 g/mol. The molecule has 3 fully saturated rings. The minimum Gasteiger partial charge on any atom is -0.377 e. The van der Waals surface area contributed by atoms with Crippen molar-refractivity contribution in [3.63, 3.8) is 0 Å². The van der Waals surface area contributed by atoms with Crippen LogP contribution in [0.15, 0.2) is 35.0 Å². The molecule has 1 aliphatic carbocycles. The molecule has 184 valence electrons. The van der Waals surface area contributed by atoms with E-state index < -0.39 is 9.73 Å². The lowest BCUT2D eigenvalue weighted by molar-refractivity contribution is -0.132. The highest BCUT2D eigenvalue weighted by Gasteiger charge is 2.35. The first-order chi connectivity index (χ1) is 17.0. The number of hydrogen-bond acceptors (Lipinski definition) is 8. The summed E-state index contributed by atoms with van der Waals surface area (Å²) >= 11 is 0. The molecule has 1 amide bonds. The molecule has 6 rings (SSSR count). The molecule has 3 aromatic rings. The van der Waals surface area contributed by atoms with E-state index in [0.717, 1.165) is 35.3 Å². The third-order valence-electron chi connectivity index (χ3n) is 6.92. The van der Waals surface area contributed by atoms with Crippen LogP contribution in [-0.2, 0) is 19.3 Å². The van der Waals surface area contributed by atoms with E-state index in [1.54, 1.807) is 6.20 Å². The molecule has 0 aromatic carbocycles. The van der Waals surface area contributed by atoms with Gasteiger partial charge in [0.05, 0.1) is 29.0 Å². The summed E-state index contributed by atoms with van der Waals surface area (Å²) in [5, 5.41) is 0.918. The SMILES string of the molecule is C[C@@H]1COCCN1c1cc(N=S2(=O)CCN(C(=O)C3CC3)CC2)nc(-c2ccnc3[nH]ccc23)n1. The van der Waals surface area contributed by atoms with E-state index in [-0.39, 0.29) is 17.9 Å². The Morgan fingerprint density at radius 1 is 1.20 bits per heavy atom. The summed E-state index contributed by atoms with van der Waals surface area (Å²) in [6.45, 7) is 5.01. The fourth-order valence-corrected chi connectivity index (χ4v) is 6.58. The zero-order valence-electron chi connectivity index (χ0n) is 19.7. The van der Waals surface area contributed by atoms with E-state index in [2.05, 4.69) is 21.8 Å². The van der Waals surface area contributed by atoms with E-state index in [9.17, 15) is 9.00 Å². The van der Waals surface area contributed by atoms with Crippen LogP contribution in [0.5, 0.6) is 0 Å². The Kier molecular flexibility index (Phi) is 5.68. The topological polar surface area (TPSA) is 117 Å². The first kappa shape index (κ1) is 22.4. The van der Waals surface area contributed by atoms with Gasteiger partial charge in [0.25, 0.3) is 0 Å². The monoisotopic (exact) mass is 495 g/mol. The number of fused-ring (bicyclic) bond motifs is 1. The molecule has 0 spiro atoms. The fourth-order valence-electron chi connectivity index (χ4n) is 4.75. The van der Waals surface area contributed by atoms with Crippen molar-refractivity contribution in [3.8, 4) is 11.4 Å². The summed E-state index contributed by atoms with van der Waals surface area (Å²) in [5.41, 5.74) is 1.60. The number of aromatic nitrogens is 4. The van der Waals surface area contributed by atoms with Gasteiger partial charge in [0, 0.05) is 66.5 Å². The average Bonchev–Trinajstić information content (AvgIpc) is 3.60. The average molecular weight is 496 g/mol. The molecule has 1 N–H and O–H groups in total. The second-order valence-electron chi connectivity index (χ2n) is 9.50. The van der Waals surface area contributed by atoms with Gasteiger partial charge in [-0.25, -0.2) is 19.2 Å². The summed E-state index contributed by atoms with van der Waals surface area (Å²) in [6, 6.07) is 5.82. The largest absolute Gasteiger partial charge is 0.377 e. The molecule has 35 heavy (non-hydrogen) atoms. The number of aromatic amines is 1. The summed E-state index contributed by atoms with van der Waals surface area (Å²) in [7, 11) is -2.53. The van der Waals surface area contributed by atoms with Crippen LogP contribution < -0.4 is 4.90 Å². The number of hydrogen-bond donors (Lipinski definition) is 1. The number of rotatable bonds is 4. The van der Waals surface area contributed by atoms with Crippen LogP contribution in [0.2, 0.25) is 0 Å². The Morgan fingerprint density at radius 3 is 2.80 bits per heavy atom. The number of ether oxygens (including phenoxy) is 1. The number of carbonyl (C=O) groups excluding carboxylic acids is 1. The highest BCUT2D eigenvalue weighted by atomic mass is 32.2. The van der Waals surface area contributed by atoms with Gasteiger partial charge in [-0.2, -0.15) is 4.36 Å². The molecule has 10 nitrogen and oxygen atoms in total. The first-order valence-electron chi connectivity index (χ1n) is 12.2. The quantitative estimate of drug-likeness (QED) is 0.591. The van der Waals surface area contributed by atoms with Crippen LogP contribution in [0, 0.1) is 5.92 Å². The highest BCUT2D eigenvalue weighted by Crippen LogP contribution is 2.33. The molecule has 3 aromatic heterocycles. The van der Waals surface area contributed by atoms with Crippen molar-refractivity contribution < 1.29 is 13.7 Å². The normalized spacial score (nSPS) is 22.4. The smallest absolute Gasteiger partial charge is 0.225 e. The summed E-state index contributed by atoms with van der Waals surface area (Å²) in [4.78, 5) is 33.6. The maximum Gasteiger partial charge on any atom is 0.225 e. The van der Waals surface area contributed by atoms with E-state index in [1.165, 1.54) is 0 Å². The lowest BCUT2D eigenvalue weighted by Gasteiger charge is -2.34. The standard InChI is InChI=1S/C24H29N7O3S/c1-16-15-34-11-8-31(16)21-14-20(27-23(28-21)19-5-7-26-22-18(19)4-6-25-22)29-35(33)12-9-30(10-13-35)24(32)17-2-3-17/h4-7,14,16-17H,2-3,8-13,15H2,1H3,(H,25,26)/t16-/m1/s1. The molecular formula is C24H29N7O3S. The van der Waals surface area contributed by atoms with Gasteiger partial charge in [-0.1, -0.05) is 0 Å². The molecule has 2 saturated heterocycles. The Hall–Kier alpha value is -3.05. The van der Waals surface area contributed by atoms with E-state index in [0.29, 0.717) is 56.0 Å². The Morgan fingerprint density at radius 2 is 2.03 bits per heavy atom. The van der Waals surface area contributed by atoms with Gasteiger partial charge in [-0.15, -0.1) is 0 Å². The predicted molar refractivity (Wildman–Crippen MR) is 134 cm³/mol. The van der Waals surface area contributed by atoms with Crippen LogP contribution in [-0.4, -0.2) is 85.3 Å². The van der Waals surface area contributed by atoms with Crippen LogP contribution in [0.1, 0.15) is 19.8 Å². The molecule has 1 atom stereocenters. The summed E-state index contributed by atoms with van der Waals surface area (Å²) in [5.74, 6) is 2.79. The third kappa shape index (κ3) is 4.50. The van der Waals surface area contributed by atoms with Gasteiger partial charge in [0.1, 0.15) is 11.5 Å². The number of H-pyrrole nitrogens is 1. The van der Waals surface area contributed by atoms with Crippen molar-refractivity contribution >= 4 is 38.3 Å². The Balaban J connectivity index is 1.38. The van der Waals surface area contributed by atoms with Gasteiger partial charge >= 0.3 is 0 Å². The van der Waals surface area contributed by atoms with Crippen molar-refractivity contribution in [2.45, 2.75) is 25.8 Å². The van der Waals surface area contributed by atoms with Gasteiger partial charge in [-0.05, 0) is 31.9 Å². The fraction of sp³-hybridized carbons (Fsp3) is 0.500. The minimum absolute atomic E-state index is 0.148. The second-order valence-corrected chi connectivity index (χ2v) is 12.0. The molecule has 5 heterocycles. The molecule has 1 saturated carbocycles. The van der Waals surface area contributed by atoms with Gasteiger partial charge < -0.3 is 19.5 Å². The molecule has 0 radical (unpaired) electrons. The maximum atomic E-state index is 13.7. The van der Waals surface area contributed by atoms with Crippen molar-refractivity contribution in [2.24, 2.45) is 10.3 Å². The van der Waals surface area contributed by atoms with Gasteiger partial charge in [-0.3, -0.25) is 4.79 Å². The van der Waals surface area contributed by atoms with Crippen molar-refractivity contribution in [2.75, 3.05) is 49.3 Å². The van der Waals surface area contributed by atoms with Gasteiger partial charge in [0.2, 0.25) is 5.91 Å². The Bertz CT molecular complexity index is 1380. The first-order valence-corrected chi connectivity index (χ1v) is 14.0. The number of pyridine rings is 1. The maximum absolute atomic E-state index is 13.7. The highest BCUT2D eigenvalue weighted by molar-refractivity contribution is 7.93. The number of carbonyl (C=O) groups is 1. The molecule has 2 aliphatic heterocycles. The lowest BCUT2D eigenvalue weighted by Crippen LogP contribution is -2.44. The van der Waals surface area contributed by atoms with Crippen LogP contribution >= 0.6 is 0 Å². The summed E-state index contributed by atoms with van der Waals surface area (Å²) in [6.07, 6.45) is 5.52. The van der Waals surface area contributed by atoms with Crippen molar-refractivity contribution in [3.05, 3.63) is 30.6 Å². The van der Waals surface area contributed by atoms with E-state index in [4.69, 9.17) is 19.1 Å². The zero-order chi connectivity index (χ0) is 24.0. The van der Waals surface area contributed by atoms with Crippen molar-refractivity contribution in [1.29, 1.82) is 0 Å². The van der Waals surface area contributed by atoms with Gasteiger partial charge in [0.15, 0.2) is 11.6 Å². The third-order valence-corrected chi connectivity index (χ3v) is 9.08. The summed E-state index contributed by atoms with van der Waals surface area (Å²) < 4.78 is 24.0. The molecule has 0 unspecified atom stereocenters. The van der Waals surface area contributed by atoms with Crippen LogP contribution in [0.3, 0.4) is 0 Å².